The lowest BCUT2D eigenvalue weighted by Crippen LogP contribution is -2.46. The van der Waals surface area contributed by atoms with Crippen molar-refractivity contribution < 1.29 is 19.2 Å². The minimum atomic E-state index is -0.706. The Balaban J connectivity index is 1.89. The quantitative estimate of drug-likeness (QED) is 0.366. The van der Waals surface area contributed by atoms with Crippen LogP contribution in [0, 0.1) is 10.1 Å². The summed E-state index contributed by atoms with van der Waals surface area (Å²) in [4.78, 5) is 37.1. The Bertz CT molecular complexity index is 795. The molecule has 1 saturated carbocycles. The van der Waals surface area contributed by atoms with Crippen molar-refractivity contribution in [3.05, 3.63) is 51.2 Å². The standard InChI is InChI=1S/C20H25N3O5/c1-13-17(19(24)28-16-7-5-3-4-6-8-16)18(21-20(25)22(13)2)14-9-11-15(12-10-14)23(26)27/h9-12,16,18H,3-8H2,1-2H3,(H,21,25)/t18-/m1/s1. The number of esters is 1. The predicted octanol–water partition coefficient (Wildman–Crippen LogP) is 3.83. The number of carbonyl (C=O) groups is 2. The highest BCUT2D eigenvalue weighted by molar-refractivity contribution is 5.95. The SMILES string of the molecule is CC1=C(C(=O)OC2CCCCCC2)[C@@H](c2ccc([N+](=O)[O-])cc2)NC(=O)N1C. The lowest BCUT2D eigenvalue weighted by molar-refractivity contribution is -0.384. The molecule has 8 nitrogen and oxygen atoms in total. The van der Waals surface area contributed by atoms with E-state index >= 15 is 0 Å². The molecule has 1 aromatic carbocycles. The number of nitro benzene ring substituents is 1. The molecule has 1 aromatic rings. The molecule has 1 N–H and O–H groups in total. The third-order valence-corrected chi connectivity index (χ3v) is 5.49. The van der Waals surface area contributed by atoms with Crippen LogP contribution in [0.3, 0.4) is 0 Å². The van der Waals surface area contributed by atoms with Gasteiger partial charge in [-0.15, -0.1) is 0 Å². The van der Waals surface area contributed by atoms with Crippen molar-refractivity contribution in [2.45, 2.75) is 57.6 Å². The third kappa shape index (κ3) is 4.16. The van der Waals surface area contributed by atoms with Gasteiger partial charge in [0.15, 0.2) is 0 Å². The number of ether oxygens (including phenoxy) is 1. The first-order valence-electron chi connectivity index (χ1n) is 9.59. The van der Waals surface area contributed by atoms with Crippen LogP contribution in [0.4, 0.5) is 10.5 Å². The fourth-order valence-corrected chi connectivity index (χ4v) is 3.71. The van der Waals surface area contributed by atoms with Crippen molar-refractivity contribution in [2.24, 2.45) is 0 Å². The molecule has 1 fully saturated rings. The van der Waals surface area contributed by atoms with Crippen molar-refractivity contribution in [3.8, 4) is 0 Å². The smallest absolute Gasteiger partial charge is 0.338 e. The first-order valence-corrected chi connectivity index (χ1v) is 9.59. The van der Waals surface area contributed by atoms with Crippen molar-refractivity contribution >= 4 is 17.7 Å². The molecule has 0 radical (unpaired) electrons. The first-order chi connectivity index (χ1) is 13.4. The zero-order valence-corrected chi connectivity index (χ0v) is 16.1. The number of carbonyl (C=O) groups excluding carboxylic acids is 2. The molecule has 1 atom stereocenters. The molecule has 28 heavy (non-hydrogen) atoms. The largest absolute Gasteiger partial charge is 0.459 e. The summed E-state index contributed by atoms with van der Waals surface area (Å²) in [6.07, 6.45) is 5.97. The number of hydrogen-bond donors (Lipinski definition) is 1. The molecule has 150 valence electrons. The number of amides is 2. The normalized spacial score (nSPS) is 21.1. The Morgan fingerprint density at radius 2 is 1.79 bits per heavy atom. The van der Waals surface area contributed by atoms with Gasteiger partial charge in [0.2, 0.25) is 0 Å². The summed E-state index contributed by atoms with van der Waals surface area (Å²) in [7, 11) is 1.59. The molecular weight excluding hydrogens is 362 g/mol. The highest BCUT2D eigenvalue weighted by Crippen LogP contribution is 2.32. The molecule has 2 amide bonds. The number of hydrogen-bond acceptors (Lipinski definition) is 5. The van der Waals surface area contributed by atoms with Crippen molar-refractivity contribution in [1.82, 2.24) is 10.2 Å². The molecular formula is C20H25N3O5. The van der Waals surface area contributed by atoms with Gasteiger partial charge >= 0.3 is 12.0 Å². The number of rotatable bonds is 4. The van der Waals surface area contributed by atoms with Gasteiger partial charge in [-0.3, -0.25) is 10.1 Å². The Morgan fingerprint density at radius 3 is 2.36 bits per heavy atom. The van der Waals surface area contributed by atoms with E-state index in [4.69, 9.17) is 4.74 Å². The van der Waals surface area contributed by atoms with Crippen LogP contribution in [0.15, 0.2) is 35.5 Å². The van der Waals surface area contributed by atoms with Gasteiger partial charge in [0, 0.05) is 24.9 Å². The van der Waals surface area contributed by atoms with Gasteiger partial charge in [0.05, 0.1) is 16.5 Å². The summed E-state index contributed by atoms with van der Waals surface area (Å²) >= 11 is 0. The summed E-state index contributed by atoms with van der Waals surface area (Å²) < 4.78 is 5.80. The topological polar surface area (TPSA) is 102 Å². The number of non-ortho nitro benzene ring substituents is 1. The maximum absolute atomic E-state index is 13.0. The second-order valence-corrected chi connectivity index (χ2v) is 7.31. The highest BCUT2D eigenvalue weighted by atomic mass is 16.6. The van der Waals surface area contributed by atoms with E-state index in [1.54, 1.807) is 26.1 Å². The van der Waals surface area contributed by atoms with Gasteiger partial charge in [0.25, 0.3) is 5.69 Å². The Hall–Kier alpha value is -2.90. The van der Waals surface area contributed by atoms with Crippen LogP contribution >= 0.6 is 0 Å². The van der Waals surface area contributed by atoms with Crippen molar-refractivity contribution in [1.29, 1.82) is 0 Å². The summed E-state index contributed by atoms with van der Waals surface area (Å²) in [5, 5.41) is 13.7. The zero-order valence-electron chi connectivity index (χ0n) is 16.1. The van der Waals surface area contributed by atoms with Crippen LogP contribution < -0.4 is 5.32 Å². The average Bonchev–Trinajstić information content (AvgIpc) is 2.94. The van der Waals surface area contributed by atoms with Gasteiger partial charge in [0.1, 0.15) is 6.10 Å². The minimum absolute atomic E-state index is 0.0497. The van der Waals surface area contributed by atoms with Crippen LogP contribution in [0.1, 0.15) is 57.1 Å². The van der Waals surface area contributed by atoms with Gasteiger partial charge in [-0.1, -0.05) is 12.8 Å². The van der Waals surface area contributed by atoms with Gasteiger partial charge in [-0.2, -0.15) is 0 Å². The molecule has 1 heterocycles. The monoisotopic (exact) mass is 387 g/mol. The maximum atomic E-state index is 13.0. The number of nitrogens with zero attached hydrogens (tertiary/aromatic N) is 2. The number of allylic oxidation sites excluding steroid dienone is 1. The Labute approximate surface area is 163 Å². The second kappa shape index (κ2) is 8.41. The number of benzene rings is 1. The zero-order chi connectivity index (χ0) is 20.3. The highest BCUT2D eigenvalue weighted by Gasteiger charge is 2.36. The molecule has 3 rings (SSSR count). The van der Waals surface area contributed by atoms with E-state index in [0.717, 1.165) is 38.5 Å². The lowest BCUT2D eigenvalue weighted by atomic mass is 9.94. The molecule has 0 unspecified atom stereocenters. The summed E-state index contributed by atoms with van der Waals surface area (Å²) in [5.41, 5.74) is 1.43. The van der Waals surface area contributed by atoms with E-state index in [1.165, 1.54) is 17.0 Å². The molecule has 8 heteroatoms. The molecule has 2 aliphatic rings. The Morgan fingerprint density at radius 1 is 1.18 bits per heavy atom. The maximum Gasteiger partial charge on any atom is 0.338 e. The average molecular weight is 387 g/mol. The van der Waals surface area contributed by atoms with E-state index < -0.39 is 16.9 Å². The molecule has 0 aromatic heterocycles. The minimum Gasteiger partial charge on any atom is -0.459 e. The van der Waals surface area contributed by atoms with Crippen LogP contribution in [0.2, 0.25) is 0 Å². The van der Waals surface area contributed by atoms with Crippen molar-refractivity contribution in [2.75, 3.05) is 7.05 Å². The van der Waals surface area contributed by atoms with Crippen LogP contribution in [-0.4, -0.2) is 35.0 Å². The molecule has 1 aliphatic heterocycles. The molecule has 0 spiro atoms. The Kier molecular flexibility index (Phi) is 5.96. The summed E-state index contributed by atoms with van der Waals surface area (Å²) in [6, 6.07) is 4.79. The number of nitro groups is 1. The van der Waals surface area contributed by atoms with Crippen LogP contribution in [-0.2, 0) is 9.53 Å². The van der Waals surface area contributed by atoms with E-state index in [-0.39, 0.29) is 17.8 Å². The lowest BCUT2D eigenvalue weighted by Gasteiger charge is -2.33. The van der Waals surface area contributed by atoms with Gasteiger partial charge < -0.3 is 15.0 Å². The first kappa shape index (κ1) is 19.9. The summed E-state index contributed by atoms with van der Waals surface area (Å²) in [5.74, 6) is -0.445. The van der Waals surface area contributed by atoms with E-state index in [1.807, 2.05) is 0 Å². The molecule has 0 bridgehead atoms. The van der Waals surface area contributed by atoms with Crippen LogP contribution in [0.25, 0.3) is 0 Å². The van der Waals surface area contributed by atoms with E-state index in [2.05, 4.69) is 5.32 Å². The van der Waals surface area contributed by atoms with Gasteiger partial charge in [-0.05, 0) is 50.3 Å². The fourth-order valence-electron chi connectivity index (χ4n) is 3.71. The predicted molar refractivity (Wildman–Crippen MR) is 102 cm³/mol. The van der Waals surface area contributed by atoms with E-state index in [0.29, 0.717) is 16.8 Å². The fraction of sp³-hybridized carbons (Fsp3) is 0.500. The van der Waals surface area contributed by atoms with Crippen molar-refractivity contribution in [3.63, 3.8) is 0 Å². The third-order valence-electron chi connectivity index (χ3n) is 5.49. The second-order valence-electron chi connectivity index (χ2n) is 7.31. The summed E-state index contributed by atoms with van der Waals surface area (Å²) in [6.45, 7) is 1.71. The van der Waals surface area contributed by atoms with Gasteiger partial charge in [-0.25, -0.2) is 9.59 Å². The number of nitrogens with one attached hydrogen (secondary N) is 1. The number of urea groups is 1. The van der Waals surface area contributed by atoms with E-state index in [9.17, 15) is 19.7 Å². The molecule has 0 saturated heterocycles. The van der Waals surface area contributed by atoms with Crippen LogP contribution in [0.5, 0.6) is 0 Å². The molecule has 1 aliphatic carbocycles.